The highest BCUT2D eigenvalue weighted by Crippen LogP contribution is 2.26. The summed E-state index contributed by atoms with van der Waals surface area (Å²) in [6.07, 6.45) is 4.73. The fourth-order valence-electron chi connectivity index (χ4n) is 3.65. The van der Waals surface area contributed by atoms with Crippen molar-refractivity contribution in [3.63, 3.8) is 0 Å². The molecule has 0 radical (unpaired) electrons. The largest absolute Gasteiger partial charge is 0.377 e. The second-order valence-corrected chi connectivity index (χ2v) is 6.99. The van der Waals surface area contributed by atoms with Gasteiger partial charge in [0.25, 0.3) is 0 Å². The summed E-state index contributed by atoms with van der Waals surface area (Å²) in [6.45, 7) is 5.99. The Morgan fingerprint density at radius 2 is 2.08 bits per heavy atom. The van der Waals surface area contributed by atoms with Crippen LogP contribution in [0.5, 0.6) is 0 Å². The Hall–Kier alpha value is -1.89. The van der Waals surface area contributed by atoms with Gasteiger partial charge in [0.15, 0.2) is 0 Å². The average Bonchev–Trinajstić information content (AvgIpc) is 2.67. The molecule has 0 bridgehead atoms. The van der Waals surface area contributed by atoms with Crippen LogP contribution in [0.3, 0.4) is 0 Å². The molecule has 3 heterocycles. The van der Waals surface area contributed by atoms with Gasteiger partial charge in [0, 0.05) is 53.1 Å². The number of carbonyl (C=O) groups excluding carboxylic acids is 1. The molecule has 138 valence electrons. The molecule has 25 heavy (non-hydrogen) atoms. The van der Waals surface area contributed by atoms with E-state index >= 15 is 0 Å². The van der Waals surface area contributed by atoms with E-state index in [0.29, 0.717) is 5.95 Å². The minimum atomic E-state index is 0.0321. The number of piperazine rings is 1. The van der Waals surface area contributed by atoms with Crippen LogP contribution < -0.4 is 9.80 Å². The second kappa shape index (κ2) is 7.99. The Morgan fingerprint density at radius 1 is 1.32 bits per heavy atom. The SMILES string of the molecule is CCC1OCCCC1C(=O)N1CCN(c2ccnc(N(C)C)n2)CC1. The molecule has 2 aliphatic heterocycles. The quantitative estimate of drug-likeness (QED) is 0.820. The first-order chi connectivity index (χ1) is 12.1. The van der Waals surface area contributed by atoms with E-state index in [9.17, 15) is 4.79 Å². The van der Waals surface area contributed by atoms with Gasteiger partial charge in [-0.25, -0.2) is 4.98 Å². The normalized spacial score (nSPS) is 24.3. The first-order valence-electron chi connectivity index (χ1n) is 9.26. The van der Waals surface area contributed by atoms with Gasteiger partial charge in [-0.15, -0.1) is 0 Å². The van der Waals surface area contributed by atoms with E-state index in [4.69, 9.17) is 4.74 Å². The van der Waals surface area contributed by atoms with Gasteiger partial charge in [-0.05, 0) is 25.3 Å². The van der Waals surface area contributed by atoms with Crippen LogP contribution >= 0.6 is 0 Å². The Balaban J connectivity index is 1.60. The third-order valence-electron chi connectivity index (χ3n) is 5.10. The maximum atomic E-state index is 12.9. The highest BCUT2D eigenvalue weighted by atomic mass is 16.5. The number of nitrogens with zero attached hydrogens (tertiary/aromatic N) is 5. The van der Waals surface area contributed by atoms with Gasteiger partial charge in [0.05, 0.1) is 12.0 Å². The molecule has 2 saturated heterocycles. The highest BCUT2D eigenvalue weighted by Gasteiger charge is 2.34. The first kappa shape index (κ1) is 17.9. The third-order valence-corrected chi connectivity index (χ3v) is 5.10. The molecule has 7 nitrogen and oxygen atoms in total. The molecule has 0 aromatic carbocycles. The Labute approximate surface area is 150 Å². The van der Waals surface area contributed by atoms with Gasteiger partial charge in [0.1, 0.15) is 5.82 Å². The minimum Gasteiger partial charge on any atom is -0.377 e. The molecule has 2 atom stereocenters. The van der Waals surface area contributed by atoms with Crippen molar-refractivity contribution < 1.29 is 9.53 Å². The molecule has 0 saturated carbocycles. The lowest BCUT2D eigenvalue weighted by molar-refractivity contribution is -0.145. The zero-order valence-corrected chi connectivity index (χ0v) is 15.5. The van der Waals surface area contributed by atoms with Crippen molar-refractivity contribution in [3.05, 3.63) is 12.3 Å². The number of aromatic nitrogens is 2. The number of hydrogen-bond acceptors (Lipinski definition) is 6. The van der Waals surface area contributed by atoms with Gasteiger partial charge in [0.2, 0.25) is 11.9 Å². The van der Waals surface area contributed by atoms with Crippen molar-refractivity contribution in [2.75, 3.05) is 56.7 Å². The number of ether oxygens (including phenoxy) is 1. The van der Waals surface area contributed by atoms with Gasteiger partial charge in [-0.1, -0.05) is 6.92 Å². The molecule has 1 aromatic heterocycles. The summed E-state index contributed by atoms with van der Waals surface area (Å²) in [5.74, 6) is 1.94. The lowest BCUT2D eigenvalue weighted by Crippen LogP contribution is -2.52. The molecular weight excluding hydrogens is 318 g/mol. The summed E-state index contributed by atoms with van der Waals surface area (Å²) in [5.41, 5.74) is 0. The van der Waals surface area contributed by atoms with Crippen LogP contribution in [0.15, 0.2) is 12.3 Å². The van der Waals surface area contributed by atoms with Crippen molar-refractivity contribution in [2.24, 2.45) is 5.92 Å². The number of amides is 1. The van der Waals surface area contributed by atoms with E-state index < -0.39 is 0 Å². The van der Waals surface area contributed by atoms with Crippen LogP contribution in [0, 0.1) is 5.92 Å². The lowest BCUT2D eigenvalue weighted by Gasteiger charge is -2.39. The van der Waals surface area contributed by atoms with Crippen LogP contribution in [0.2, 0.25) is 0 Å². The first-order valence-corrected chi connectivity index (χ1v) is 9.26. The van der Waals surface area contributed by atoms with Crippen LogP contribution in [0.1, 0.15) is 26.2 Å². The van der Waals surface area contributed by atoms with Crippen LogP contribution in [0.25, 0.3) is 0 Å². The van der Waals surface area contributed by atoms with Crippen LogP contribution in [0.4, 0.5) is 11.8 Å². The fraction of sp³-hybridized carbons (Fsp3) is 0.722. The molecular formula is C18H29N5O2. The van der Waals surface area contributed by atoms with Gasteiger partial charge < -0.3 is 19.4 Å². The lowest BCUT2D eigenvalue weighted by atomic mass is 9.91. The van der Waals surface area contributed by atoms with Crippen LogP contribution in [-0.2, 0) is 9.53 Å². The molecule has 3 rings (SSSR count). The molecule has 0 spiro atoms. The summed E-state index contributed by atoms with van der Waals surface area (Å²) >= 11 is 0. The minimum absolute atomic E-state index is 0.0321. The van der Waals surface area contributed by atoms with Crippen LogP contribution in [-0.4, -0.2) is 73.8 Å². The predicted molar refractivity (Wildman–Crippen MR) is 97.9 cm³/mol. The maximum Gasteiger partial charge on any atom is 0.228 e. The van der Waals surface area contributed by atoms with Gasteiger partial charge >= 0.3 is 0 Å². The van der Waals surface area contributed by atoms with Gasteiger partial charge in [-0.3, -0.25) is 4.79 Å². The van der Waals surface area contributed by atoms with Crippen molar-refractivity contribution in [3.8, 4) is 0 Å². The summed E-state index contributed by atoms with van der Waals surface area (Å²) in [7, 11) is 3.87. The molecule has 7 heteroatoms. The number of carbonyl (C=O) groups is 1. The number of anilines is 2. The summed E-state index contributed by atoms with van der Waals surface area (Å²) in [5, 5.41) is 0. The third kappa shape index (κ3) is 4.03. The number of hydrogen-bond donors (Lipinski definition) is 0. The van der Waals surface area contributed by atoms with E-state index in [2.05, 4.69) is 21.8 Å². The van der Waals surface area contributed by atoms with Crippen molar-refractivity contribution in [1.29, 1.82) is 0 Å². The second-order valence-electron chi connectivity index (χ2n) is 6.99. The van der Waals surface area contributed by atoms with E-state index in [1.54, 1.807) is 6.20 Å². The molecule has 1 aromatic rings. The van der Waals surface area contributed by atoms with Gasteiger partial charge in [-0.2, -0.15) is 4.98 Å². The fourth-order valence-corrected chi connectivity index (χ4v) is 3.65. The maximum absolute atomic E-state index is 12.9. The zero-order chi connectivity index (χ0) is 17.8. The monoisotopic (exact) mass is 347 g/mol. The topological polar surface area (TPSA) is 61.8 Å². The predicted octanol–water partition coefficient (Wildman–Crippen LogP) is 1.40. The molecule has 2 aliphatic rings. The zero-order valence-electron chi connectivity index (χ0n) is 15.5. The van der Waals surface area contributed by atoms with Crippen molar-refractivity contribution in [2.45, 2.75) is 32.3 Å². The summed E-state index contributed by atoms with van der Waals surface area (Å²) < 4.78 is 5.80. The Kier molecular flexibility index (Phi) is 5.73. The molecule has 1 amide bonds. The van der Waals surface area contributed by atoms with Crippen molar-refractivity contribution in [1.82, 2.24) is 14.9 Å². The van der Waals surface area contributed by atoms with Crippen molar-refractivity contribution >= 4 is 17.7 Å². The number of rotatable bonds is 4. The summed E-state index contributed by atoms with van der Waals surface area (Å²) in [4.78, 5) is 27.9. The smallest absolute Gasteiger partial charge is 0.228 e. The van der Waals surface area contributed by atoms with E-state index in [1.807, 2.05) is 30.0 Å². The highest BCUT2D eigenvalue weighted by molar-refractivity contribution is 5.80. The Morgan fingerprint density at radius 3 is 2.76 bits per heavy atom. The van der Waals surface area contributed by atoms with E-state index in [1.165, 1.54) is 0 Å². The average molecular weight is 347 g/mol. The van der Waals surface area contributed by atoms with E-state index in [-0.39, 0.29) is 17.9 Å². The van der Waals surface area contributed by atoms with E-state index in [0.717, 1.165) is 57.9 Å². The summed E-state index contributed by atoms with van der Waals surface area (Å²) in [6, 6.07) is 1.94. The molecule has 2 fully saturated rings. The molecule has 0 N–H and O–H groups in total. The Bertz CT molecular complexity index is 587. The standard InChI is InChI=1S/C18H29N5O2/c1-4-15-14(6-5-13-25-15)17(24)23-11-9-22(10-12-23)16-7-8-19-18(20-16)21(2)3/h7-8,14-15H,4-6,9-13H2,1-3H3. The molecule has 2 unspecified atom stereocenters. The molecule has 0 aliphatic carbocycles.